The minimum Gasteiger partial charge on any atom is -0.398 e. The number of pyridine rings is 1. The van der Waals surface area contributed by atoms with Gasteiger partial charge in [0.2, 0.25) is 0 Å². The van der Waals surface area contributed by atoms with Crippen molar-refractivity contribution in [3.05, 3.63) is 47.3 Å². The number of hydrogen-bond donors (Lipinski definition) is 2. The number of nitrogen functional groups attached to an aromatic ring is 1. The molecule has 1 aliphatic carbocycles. The van der Waals surface area contributed by atoms with Crippen LogP contribution >= 0.6 is 0 Å². The maximum atomic E-state index is 12.5. The Morgan fingerprint density at radius 1 is 1.33 bits per heavy atom. The molecule has 0 unspecified atom stereocenters. The fraction of sp³-hybridized carbons (Fsp3) is 0.278. The predicted octanol–water partition coefficient (Wildman–Crippen LogP) is 2.55. The van der Waals surface area contributed by atoms with E-state index < -0.39 is 0 Å². The second-order valence-electron chi connectivity index (χ2n) is 6.31. The summed E-state index contributed by atoms with van der Waals surface area (Å²) in [4.78, 5) is 16.9. The molecule has 1 aliphatic rings. The smallest absolute Gasteiger partial charge is 0.270 e. The van der Waals surface area contributed by atoms with Crippen LogP contribution in [-0.2, 0) is 0 Å². The van der Waals surface area contributed by atoms with Gasteiger partial charge < -0.3 is 11.1 Å². The SMILES string of the molecule is CNC(=O)c1c2cc(C3CC3)c(N)cc2nn1-c1ccc(C)cn1. The van der Waals surface area contributed by atoms with Crippen molar-refractivity contribution in [2.45, 2.75) is 25.7 Å². The van der Waals surface area contributed by atoms with E-state index in [1.807, 2.05) is 31.2 Å². The Hall–Kier alpha value is -2.89. The number of carbonyl (C=O) groups excluding carboxylic acids is 1. The van der Waals surface area contributed by atoms with Gasteiger partial charge in [-0.2, -0.15) is 5.10 Å². The minimum absolute atomic E-state index is 0.189. The van der Waals surface area contributed by atoms with E-state index in [1.54, 1.807) is 17.9 Å². The molecule has 122 valence electrons. The second kappa shape index (κ2) is 5.33. The van der Waals surface area contributed by atoms with Crippen LogP contribution in [-0.4, -0.2) is 27.7 Å². The zero-order valence-corrected chi connectivity index (χ0v) is 13.7. The Morgan fingerprint density at radius 2 is 2.12 bits per heavy atom. The van der Waals surface area contributed by atoms with Crippen LogP contribution in [0.5, 0.6) is 0 Å². The normalized spacial score (nSPS) is 14.1. The van der Waals surface area contributed by atoms with E-state index >= 15 is 0 Å². The van der Waals surface area contributed by atoms with Gasteiger partial charge in [-0.1, -0.05) is 6.07 Å². The van der Waals surface area contributed by atoms with Crippen molar-refractivity contribution in [1.82, 2.24) is 20.1 Å². The molecule has 3 N–H and O–H groups in total. The van der Waals surface area contributed by atoms with E-state index in [9.17, 15) is 4.79 Å². The van der Waals surface area contributed by atoms with Crippen molar-refractivity contribution in [3.8, 4) is 5.82 Å². The Labute approximate surface area is 139 Å². The van der Waals surface area contributed by atoms with Gasteiger partial charge in [0.25, 0.3) is 5.91 Å². The number of aryl methyl sites for hydroxylation is 1. The predicted molar refractivity (Wildman–Crippen MR) is 93.4 cm³/mol. The Morgan fingerprint density at radius 3 is 2.75 bits per heavy atom. The van der Waals surface area contributed by atoms with E-state index in [4.69, 9.17) is 5.73 Å². The van der Waals surface area contributed by atoms with Crippen molar-refractivity contribution in [2.75, 3.05) is 12.8 Å². The van der Waals surface area contributed by atoms with Gasteiger partial charge >= 0.3 is 0 Å². The van der Waals surface area contributed by atoms with Gasteiger partial charge in [-0.3, -0.25) is 4.79 Å². The van der Waals surface area contributed by atoms with Crippen LogP contribution in [0.15, 0.2) is 30.5 Å². The molecule has 24 heavy (non-hydrogen) atoms. The lowest BCUT2D eigenvalue weighted by Gasteiger charge is -2.07. The van der Waals surface area contributed by atoms with Crippen LogP contribution in [0.25, 0.3) is 16.7 Å². The maximum absolute atomic E-state index is 12.5. The van der Waals surface area contributed by atoms with Gasteiger partial charge in [-0.25, -0.2) is 9.67 Å². The molecule has 1 aromatic carbocycles. The lowest BCUT2D eigenvalue weighted by molar-refractivity contribution is 0.0957. The molecular weight excluding hydrogens is 302 g/mol. The van der Waals surface area contributed by atoms with E-state index in [2.05, 4.69) is 15.4 Å². The summed E-state index contributed by atoms with van der Waals surface area (Å²) in [6.45, 7) is 1.97. The van der Waals surface area contributed by atoms with E-state index in [-0.39, 0.29) is 5.91 Å². The van der Waals surface area contributed by atoms with Crippen LogP contribution < -0.4 is 11.1 Å². The van der Waals surface area contributed by atoms with Gasteiger partial charge in [-0.15, -0.1) is 0 Å². The van der Waals surface area contributed by atoms with Gasteiger partial charge in [-0.05, 0) is 55.0 Å². The highest BCUT2D eigenvalue weighted by Crippen LogP contribution is 2.44. The lowest BCUT2D eigenvalue weighted by Crippen LogP contribution is -2.22. The third kappa shape index (κ3) is 2.31. The lowest BCUT2D eigenvalue weighted by atomic mass is 10.0. The molecule has 1 amide bonds. The van der Waals surface area contributed by atoms with Crippen LogP contribution in [0.3, 0.4) is 0 Å². The fourth-order valence-electron chi connectivity index (χ4n) is 3.00. The average Bonchev–Trinajstić information content (AvgIpc) is 3.35. The van der Waals surface area contributed by atoms with Crippen molar-refractivity contribution in [1.29, 1.82) is 0 Å². The summed E-state index contributed by atoms with van der Waals surface area (Å²) in [7, 11) is 1.62. The summed E-state index contributed by atoms with van der Waals surface area (Å²) in [5, 5.41) is 8.09. The highest BCUT2D eigenvalue weighted by Gasteiger charge is 2.28. The molecule has 1 fully saturated rings. The third-order valence-corrected chi connectivity index (χ3v) is 4.45. The molecule has 0 atom stereocenters. The molecule has 0 saturated heterocycles. The average molecular weight is 321 g/mol. The number of rotatable bonds is 3. The summed E-state index contributed by atoms with van der Waals surface area (Å²) in [6, 6.07) is 7.69. The molecule has 2 heterocycles. The second-order valence-corrected chi connectivity index (χ2v) is 6.31. The molecule has 2 aromatic heterocycles. The first-order chi connectivity index (χ1) is 11.6. The largest absolute Gasteiger partial charge is 0.398 e. The van der Waals surface area contributed by atoms with Crippen LogP contribution in [0.2, 0.25) is 0 Å². The number of nitrogens with two attached hydrogens (primary N) is 1. The quantitative estimate of drug-likeness (QED) is 0.726. The molecule has 0 spiro atoms. The number of fused-ring (bicyclic) bond motifs is 1. The van der Waals surface area contributed by atoms with Gasteiger partial charge in [0.1, 0.15) is 5.69 Å². The Bertz CT molecular complexity index is 938. The highest BCUT2D eigenvalue weighted by atomic mass is 16.1. The van der Waals surface area contributed by atoms with Crippen molar-refractivity contribution >= 4 is 22.5 Å². The van der Waals surface area contributed by atoms with Gasteiger partial charge in [0, 0.05) is 24.3 Å². The third-order valence-electron chi connectivity index (χ3n) is 4.45. The van der Waals surface area contributed by atoms with E-state index in [0.29, 0.717) is 22.9 Å². The summed E-state index contributed by atoms with van der Waals surface area (Å²) in [5.74, 6) is 0.932. The topological polar surface area (TPSA) is 85.8 Å². The zero-order chi connectivity index (χ0) is 16.8. The number of anilines is 1. The molecule has 1 saturated carbocycles. The molecule has 0 aliphatic heterocycles. The summed E-state index contributed by atoms with van der Waals surface area (Å²) in [6.07, 6.45) is 4.07. The number of nitrogens with zero attached hydrogens (tertiary/aromatic N) is 3. The molecule has 4 rings (SSSR count). The van der Waals surface area contributed by atoms with Gasteiger partial charge in [0.15, 0.2) is 5.82 Å². The fourth-order valence-corrected chi connectivity index (χ4v) is 3.00. The molecule has 6 nitrogen and oxygen atoms in total. The number of amides is 1. The summed E-state index contributed by atoms with van der Waals surface area (Å²) >= 11 is 0. The highest BCUT2D eigenvalue weighted by molar-refractivity contribution is 6.06. The van der Waals surface area contributed by atoms with Gasteiger partial charge in [0.05, 0.1) is 5.52 Å². The van der Waals surface area contributed by atoms with E-state index in [0.717, 1.165) is 35.0 Å². The van der Waals surface area contributed by atoms with Crippen molar-refractivity contribution in [3.63, 3.8) is 0 Å². The van der Waals surface area contributed by atoms with Crippen molar-refractivity contribution in [2.24, 2.45) is 0 Å². The molecule has 3 aromatic rings. The molecular formula is C18H19N5O. The van der Waals surface area contributed by atoms with E-state index in [1.165, 1.54) is 0 Å². The molecule has 6 heteroatoms. The number of benzene rings is 1. The van der Waals surface area contributed by atoms with Crippen LogP contribution in [0, 0.1) is 6.92 Å². The van der Waals surface area contributed by atoms with Crippen LogP contribution in [0.4, 0.5) is 5.69 Å². The number of nitrogens with one attached hydrogen (secondary N) is 1. The summed E-state index contributed by atoms with van der Waals surface area (Å²) in [5.41, 5.74) is 10.3. The minimum atomic E-state index is -0.189. The Kier molecular flexibility index (Phi) is 3.26. The first-order valence-electron chi connectivity index (χ1n) is 8.05. The number of hydrogen-bond acceptors (Lipinski definition) is 4. The molecule has 0 bridgehead atoms. The first-order valence-corrected chi connectivity index (χ1v) is 8.05. The first kappa shape index (κ1) is 14.7. The maximum Gasteiger partial charge on any atom is 0.270 e. The molecule has 0 radical (unpaired) electrons. The standard InChI is InChI=1S/C18H19N5O/c1-10-3-6-16(21-9-10)23-17(18(24)20-2)13-7-12(11-4-5-11)14(19)8-15(13)22-23/h3,6-9,11H,4-5,19H2,1-2H3,(H,20,24). The van der Waals surface area contributed by atoms with Crippen LogP contribution in [0.1, 0.15) is 40.4 Å². The number of carbonyl (C=O) groups is 1. The number of aromatic nitrogens is 3. The zero-order valence-electron chi connectivity index (χ0n) is 13.7. The summed E-state index contributed by atoms with van der Waals surface area (Å²) < 4.78 is 1.60. The van der Waals surface area contributed by atoms with Crippen molar-refractivity contribution < 1.29 is 4.79 Å². The monoisotopic (exact) mass is 321 g/mol. The Balaban J connectivity index is 1.98.